The van der Waals surface area contributed by atoms with Crippen LogP contribution in [0.25, 0.3) is 0 Å². The van der Waals surface area contributed by atoms with Gasteiger partial charge in [-0.1, -0.05) is 12.1 Å². The van der Waals surface area contributed by atoms with Gasteiger partial charge in [-0.2, -0.15) is 0 Å². The standard InChI is InChI=1S/C11H17NO2/c1-3-14-10-6-4-9(5-7-10)11(12)8-13-2/h4-7,11H,3,8,12H2,1-2H3/t11-/m1/s1. The van der Waals surface area contributed by atoms with Crippen LogP contribution in [0, 0.1) is 0 Å². The lowest BCUT2D eigenvalue weighted by atomic mass is 10.1. The van der Waals surface area contributed by atoms with Gasteiger partial charge in [0.15, 0.2) is 0 Å². The van der Waals surface area contributed by atoms with Crippen molar-refractivity contribution in [3.63, 3.8) is 0 Å². The molecule has 1 aromatic rings. The van der Waals surface area contributed by atoms with E-state index in [2.05, 4.69) is 0 Å². The molecule has 14 heavy (non-hydrogen) atoms. The van der Waals surface area contributed by atoms with Crippen LogP contribution in [0.4, 0.5) is 0 Å². The largest absolute Gasteiger partial charge is 0.494 e. The number of nitrogens with two attached hydrogens (primary N) is 1. The second-order valence-corrected chi connectivity index (χ2v) is 3.06. The van der Waals surface area contributed by atoms with Gasteiger partial charge in [-0.15, -0.1) is 0 Å². The molecule has 1 atom stereocenters. The Kier molecular flexibility index (Phi) is 4.43. The van der Waals surface area contributed by atoms with Crippen molar-refractivity contribution in [3.8, 4) is 5.75 Å². The third kappa shape index (κ3) is 3.01. The van der Waals surface area contributed by atoms with Gasteiger partial charge in [0.2, 0.25) is 0 Å². The minimum atomic E-state index is -0.0596. The van der Waals surface area contributed by atoms with Crippen molar-refractivity contribution < 1.29 is 9.47 Å². The number of hydrogen-bond acceptors (Lipinski definition) is 3. The van der Waals surface area contributed by atoms with Gasteiger partial charge in [0.1, 0.15) is 5.75 Å². The number of ether oxygens (including phenoxy) is 2. The minimum absolute atomic E-state index is 0.0596. The normalized spacial score (nSPS) is 12.5. The summed E-state index contributed by atoms with van der Waals surface area (Å²) in [6.45, 7) is 3.18. The Hall–Kier alpha value is -1.06. The number of hydrogen-bond donors (Lipinski definition) is 1. The summed E-state index contributed by atoms with van der Waals surface area (Å²) in [6, 6.07) is 7.72. The fourth-order valence-corrected chi connectivity index (χ4v) is 1.25. The minimum Gasteiger partial charge on any atom is -0.494 e. The van der Waals surface area contributed by atoms with Crippen LogP contribution >= 0.6 is 0 Å². The topological polar surface area (TPSA) is 44.5 Å². The molecule has 0 saturated heterocycles. The zero-order valence-corrected chi connectivity index (χ0v) is 8.69. The van der Waals surface area contributed by atoms with Crippen LogP contribution in [0.1, 0.15) is 18.5 Å². The quantitative estimate of drug-likeness (QED) is 0.778. The first-order valence-corrected chi connectivity index (χ1v) is 4.75. The van der Waals surface area contributed by atoms with Gasteiger partial charge < -0.3 is 15.2 Å². The molecule has 0 bridgehead atoms. The van der Waals surface area contributed by atoms with E-state index in [0.29, 0.717) is 13.2 Å². The summed E-state index contributed by atoms with van der Waals surface area (Å²) in [5, 5.41) is 0. The Labute approximate surface area is 84.8 Å². The number of rotatable bonds is 5. The molecular formula is C11H17NO2. The molecule has 0 spiro atoms. The summed E-state index contributed by atoms with van der Waals surface area (Å²) < 4.78 is 10.3. The summed E-state index contributed by atoms with van der Waals surface area (Å²) in [6.07, 6.45) is 0. The molecule has 0 radical (unpaired) electrons. The average molecular weight is 195 g/mol. The molecule has 0 unspecified atom stereocenters. The Morgan fingerprint density at radius 2 is 1.93 bits per heavy atom. The van der Waals surface area contributed by atoms with E-state index in [1.165, 1.54) is 0 Å². The van der Waals surface area contributed by atoms with E-state index in [9.17, 15) is 0 Å². The van der Waals surface area contributed by atoms with E-state index >= 15 is 0 Å². The number of methoxy groups -OCH3 is 1. The van der Waals surface area contributed by atoms with Crippen molar-refractivity contribution in [2.75, 3.05) is 20.3 Å². The molecule has 0 amide bonds. The number of benzene rings is 1. The molecule has 0 aliphatic rings. The third-order valence-electron chi connectivity index (χ3n) is 1.97. The van der Waals surface area contributed by atoms with Crippen molar-refractivity contribution in [1.82, 2.24) is 0 Å². The SMILES string of the molecule is CCOc1ccc([C@H](N)COC)cc1. The Morgan fingerprint density at radius 1 is 1.29 bits per heavy atom. The maximum atomic E-state index is 5.86. The molecule has 0 fully saturated rings. The highest BCUT2D eigenvalue weighted by Gasteiger charge is 2.04. The zero-order chi connectivity index (χ0) is 10.4. The molecule has 0 saturated carbocycles. The van der Waals surface area contributed by atoms with Crippen LogP contribution in [-0.2, 0) is 4.74 Å². The highest BCUT2D eigenvalue weighted by molar-refractivity contribution is 5.29. The maximum Gasteiger partial charge on any atom is 0.119 e. The van der Waals surface area contributed by atoms with Crippen LogP contribution in [0.5, 0.6) is 5.75 Å². The highest BCUT2D eigenvalue weighted by Crippen LogP contribution is 2.16. The van der Waals surface area contributed by atoms with E-state index in [1.54, 1.807) is 7.11 Å². The highest BCUT2D eigenvalue weighted by atomic mass is 16.5. The maximum absolute atomic E-state index is 5.86. The van der Waals surface area contributed by atoms with Crippen molar-refractivity contribution in [2.45, 2.75) is 13.0 Å². The van der Waals surface area contributed by atoms with Crippen molar-refractivity contribution in [1.29, 1.82) is 0 Å². The fourth-order valence-electron chi connectivity index (χ4n) is 1.25. The lowest BCUT2D eigenvalue weighted by Gasteiger charge is -2.11. The lowest BCUT2D eigenvalue weighted by molar-refractivity contribution is 0.181. The molecule has 78 valence electrons. The molecule has 0 aliphatic heterocycles. The molecule has 1 rings (SSSR count). The third-order valence-corrected chi connectivity index (χ3v) is 1.97. The van der Waals surface area contributed by atoms with Gasteiger partial charge in [0.25, 0.3) is 0 Å². The predicted octanol–water partition coefficient (Wildman–Crippen LogP) is 1.73. The first-order chi connectivity index (χ1) is 6.77. The molecule has 3 heteroatoms. The predicted molar refractivity (Wildman–Crippen MR) is 56.4 cm³/mol. The second-order valence-electron chi connectivity index (χ2n) is 3.06. The van der Waals surface area contributed by atoms with Crippen LogP contribution in [0.2, 0.25) is 0 Å². The molecule has 0 aliphatic carbocycles. The molecule has 2 N–H and O–H groups in total. The van der Waals surface area contributed by atoms with Crippen LogP contribution in [0.15, 0.2) is 24.3 Å². The average Bonchev–Trinajstić information content (AvgIpc) is 2.20. The summed E-state index contributed by atoms with van der Waals surface area (Å²) in [7, 11) is 1.65. The molecule has 0 aromatic heterocycles. The smallest absolute Gasteiger partial charge is 0.119 e. The van der Waals surface area contributed by atoms with Gasteiger partial charge in [-0.3, -0.25) is 0 Å². The molecule has 1 aromatic carbocycles. The van der Waals surface area contributed by atoms with Gasteiger partial charge >= 0.3 is 0 Å². The Morgan fingerprint density at radius 3 is 2.43 bits per heavy atom. The zero-order valence-electron chi connectivity index (χ0n) is 8.69. The van der Waals surface area contributed by atoms with E-state index in [4.69, 9.17) is 15.2 Å². The fraction of sp³-hybridized carbons (Fsp3) is 0.455. The first kappa shape index (κ1) is 11.0. The van der Waals surface area contributed by atoms with Crippen molar-refractivity contribution in [2.24, 2.45) is 5.73 Å². The monoisotopic (exact) mass is 195 g/mol. The Balaban J connectivity index is 2.62. The molecule has 0 heterocycles. The van der Waals surface area contributed by atoms with E-state index in [-0.39, 0.29) is 6.04 Å². The van der Waals surface area contributed by atoms with E-state index in [0.717, 1.165) is 11.3 Å². The molecule has 3 nitrogen and oxygen atoms in total. The van der Waals surface area contributed by atoms with Crippen LogP contribution in [-0.4, -0.2) is 20.3 Å². The van der Waals surface area contributed by atoms with Crippen molar-refractivity contribution >= 4 is 0 Å². The van der Waals surface area contributed by atoms with Crippen LogP contribution < -0.4 is 10.5 Å². The van der Waals surface area contributed by atoms with Crippen molar-refractivity contribution in [3.05, 3.63) is 29.8 Å². The lowest BCUT2D eigenvalue weighted by Crippen LogP contribution is -2.15. The summed E-state index contributed by atoms with van der Waals surface area (Å²) in [5.74, 6) is 0.876. The van der Waals surface area contributed by atoms with E-state index in [1.807, 2.05) is 31.2 Å². The van der Waals surface area contributed by atoms with Gasteiger partial charge in [0.05, 0.1) is 19.3 Å². The van der Waals surface area contributed by atoms with Gasteiger partial charge in [0, 0.05) is 7.11 Å². The second kappa shape index (κ2) is 5.62. The van der Waals surface area contributed by atoms with E-state index < -0.39 is 0 Å². The first-order valence-electron chi connectivity index (χ1n) is 4.75. The van der Waals surface area contributed by atoms with Gasteiger partial charge in [-0.25, -0.2) is 0 Å². The Bertz CT molecular complexity index is 258. The van der Waals surface area contributed by atoms with Gasteiger partial charge in [-0.05, 0) is 24.6 Å². The molecular weight excluding hydrogens is 178 g/mol. The van der Waals surface area contributed by atoms with Crippen LogP contribution in [0.3, 0.4) is 0 Å². The summed E-state index contributed by atoms with van der Waals surface area (Å²) in [5.41, 5.74) is 6.93. The summed E-state index contributed by atoms with van der Waals surface area (Å²) in [4.78, 5) is 0. The summed E-state index contributed by atoms with van der Waals surface area (Å²) >= 11 is 0.